The van der Waals surface area contributed by atoms with Crippen LogP contribution in [0.3, 0.4) is 0 Å². The Hall–Kier alpha value is -0.790. The molecule has 0 radical (unpaired) electrons. The third-order valence-electron chi connectivity index (χ3n) is 3.60. The number of carboxylic acid groups (broad SMARTS) is 1. The second-order valence-electron chi connectivity index (χ2n) is 5.70. The number of allylic oxidation sites excluding steroid dienone is 1. The van der Waals surface area contributed by atoms with Crippen molar-refractivity contribution in [3.05, 3.63) is 12.2 Å². The van der Waals surface area contributed by atoms with Crippen LogP contribution in [0.15, 0.2) is 12.2 Å². The number of hydrogen-bond acceptors (Lipinski definition) is 1. The van der Waals surface area contributed by atoms with E-state index in [9.17, 15) is 4.79 Å². The van der Waals surface area contributed by atoms with Gasteiger partial charge in [0.1, 0.15) is 0 Å². The molecule has 0 aromatic carbocycles. The normalized spacial score (nSPS) is 12.9. The molecule has 0 aliphatic carbocycles. The number of hydrogen-bond donors (Lipinski definition) is 1. The van der Waals surface area contributed by atoms with Gasteiger partial charge < -0.3 is 5.11 Å². The summed E-state index contributed by atoms with van der Waals surface area (Å²) in [4.78, 5) is 10.3. The zero-order chi connectivity index (χ0) is 14.3. The quantitative estimate of drug-likeness (QED) is 0.350. The highest BCUT2D eigenvalue weighted by molar-refractivity contribution is 5.79. The molecule has 0 aliphatic rings. The first-order valence-electron chi connectivity index (χ1n) is 8.06. The van der Waals surface area contributed by atoms with E-state index < -0.39 is 5.97 Å². The summed E-state index contributed by atoms with van der Waals surface area (Å²) in [5.41, 5.74) is 0. The first-order valence-corrected chi connectivity index (χ1v) is 8.06. The summed E-state index contributed by atoms with van der Waals surface area (Å²) < 4.78 is 0. The average Bonchev–Trinajstić information content (AvgIpc) is 2.36. The summed E-state index contributed by atoms with van der Waals surface area (Å²) in [5, 5.41) is 8.49. The van der Waals surface area contributed by atoms with E-state index in [2.05, 4.69) is 13.8 Å². The predicted molar refractivity (Wildman–Crippen MR) is 82.4 cm³/mol. The molecule has 1 atom stereocenters. The fraction of sp³-hybridized carbons (Fsp3) is 0.824. The van der Waals surface area contributed by atoms with E-state index >= 15 is 0 Å². The molecule has 0 aliphatic heterocycles. The van der Waals surface area contributed by atoms with E-state index in [1.807, 2.05) is 0 Å². The molecule has 1 unspecified atom stereocenters. The lowest BCUT2D eigenvalue weighted by Gasteiger charge is -2.08. The van der Waals surface area contributed by atoms with Gasteiger partial charge >= 0.3 is 5.97 Å². The summed E-state index contributed by atoms with van der Waals surface area (Å²) in [6.45, 7) is 4.46. The van der Waals surface area contributed by atoms with E-state index in [1.165, 1.54) is 70.3 Å². The Morgan fingerprint density at radius 2 is 1.53 bits per heavy atom. The lowest BCUT2D eigenvalue weighted by atomic mass is 9.98. The first kappa shape index (κ1) is 18.2. The number of carboxylic acids is 1. The molecular weight excluding hydrogens is 236 g/mol. The minimum absolute atomic E-state index is 0.611. The van der Waals surface area contributed by atoms with Crippen LogP contribution in [-0.2, 0) is 4.79 Å². The average molecular weight is 268 g/mol. The predicted octanol–water partition coefficient (Wildman–Crippen LogP) is 5.57. The molecule has 0 spiro atoms. The van der Waals surface area contributed by atoms with Crippen molar-refractivity contribution in [3.8, 4) is 0 Å². The first-order chi connectivity index (χ1) is 9.16. The van der Waals surface area contributed by atoms with Crippen LogP contribution in [0.1, 0.15) is 84.5 Å². The second-order valence-corrected chi connectivity index (χ2v) is 5.70. The van der Waals surface area contributed by atoms with E-state index in [-0.39, 0.29) is 0 Å². The molecule has 0 aromatic rings. The highest BCUT2D eigenvalue weighted by atomic mass is 16.4. The topological polar surface area (TPSA) is 37.3 Å². The summed E-state index contributed by atoms with van der Waals surface area (Å²) in [6, 6.07) is 0. The summed E-state index contributed by atoms with van der Waals surface area (Å²) >= 11 is 0. The van der Waals surface area contributed by atoms with Crippen LogP contribution in [0.5, 0.6) is 0 Å². The smallest absolute Gasteiger partial charge is 0.327 e. The van der Waals surface area contributed by atoms with Gasteiger partial charge in [-0.3, -0.25) is 0 Å². The van der Waals surface area contributed by atoms with Crippen molar-refractivity contribution in [1.82, 2.24) is 0 Å². The maximum atomic E-state index is 10.3. The maximum Gasteiger partial charge on any atom is 0.327 e. The van der Waals surface area contributed by atoms with Crippen LogP contribution in [0.2, 0.25) is 0 Å². The fourth-order valence-corrected chi connectivity index (χ4v) is 2.32. The van der Waals surface area contributed by atoms with Crippen molar-refractivity contribution < 1.29 is 9.90 Å². The second kappa shape index (κ2) is 13.6. The van der Waals surface area contributed by atoms with Gasteiger partial charge in [-0.15, -0.1) is 0 Å². The Balaban J connectivity index is 3.22. The van der Waals surface area contributed by atoms with Gasteiger partial charge in [-0.05, 0) is 12.3 Å². The maximum absolute atomic E-state index is 10.3. The minimum Gasteiger partial charge on any atom is -0.478 e. The Labute approximate surface area is 119 Å². The Bertz CT molecular complexity index is 233. The molecule has 0 aromatic heterocycles. The van der Waals surface area contributed by atoms with Crippen LogP contribution < -0.4 is 0 Å². The lowest BCUT2D eigenvalue weighted by molar-refractivity contribution is -0.131. The highest BCUT2D eigenvalue weighted by Crippen LogP contribution is 2.15. The molecule has 0 rings (SSSR count). The van der Waals surface area contributed by atoms with Crippen molar-refractivity contribution >= 4 is 5.97 Å². The molecule has 2 heteroatoms. The number of unbranched alkanes of at least 4 members (excludes halogenated alkanes) is 8. The van der Waals surface area contributed by atoms with Gasteiger partial charge in [0.25, 0.3) is 0 Å². The highest BCUT2D eigenvalue weighted by Gasteiger charge is 2.00. The van der Waals surface area contributed by atoms with Crippen LogP contribution in [0.4, 0.5) is 0 Å². The van der Waals surface area contributed by atoms with Crippen LogP contribution in [0, 0.1) is 5.92 Å². The zero-order valence-electron chi connectivity index (χ0n) is 12.9. The van der Waals surface area contributed by atoms with Crippen molar-refractivity contribution in [2.45, 2.75) is 84.5 Å². The van der Waals surface area contributed by atoms with Crippen molar-refractivity contribution in [3.63, 3.8) is 0 Å². The van der Waals surface area contributed by atoms with Gasteiger partial charge in [-0.25, -0.2) is 4.79 Å². The monoisotopic (exact) mass is 268 g/mol. The van der Waals surface area contributed by atoms with Crippen LogP contribution in [0.25, 0.3) is 0 Å². The third-order valence-corrected chi connectivity index (χ3v) is 3.60. The lowest BCUT2D eigenvalue weighted by Crippen LogP contribution is -1.94. The van der Waals surface area contributed by atoms with Gasteiger partial charge in [0.15, 0.2) is 0 Å². The largest absolute Gasteiger partial charge is 0.478 e. The molecule has 2 nitrogen and oxygen atoms in total. The van der Waals surface area contributed by atoms with Gasteiger partial charge in [-0.2, -0.15) is 0 Å². The number of rotatable bonds is 13. The summed E-state index contributed by atoms with van der Waals surface area (Å²) in [6.07, 6.45) is 17.5. The third kappa shape index (κ3) is 15.2. The Morgan fingerprint density at radius 3 is 2.05 bits per heavy atom. The molecule has 0 heterocycles. The van der Waals surface area contributed by atoms with E-state index in [1.54, 1.807) is 6.08 Å². The molecule has 0 saturated heterocycles. The van der Waals surface area contributed by atoms with E-state index in [0.717, 1.165) is 6.42 Å². The van der Waals surface area contributed by atoms with E-state index in [0.29, 0.717) is 5.92 Å². The molecule has 0 saturated carbocycles. The minimum atomic E-state index is -0.838. The zero-order valence-corrected chi connectivity index (χ0v) is 12.9. The number of aliphatic carboxylic acids is 1. The Kier molecular flexibility index (Phi) is 13.1. The summed E-state index contributed by atoms with van der Waals surface area (Å²) in [7, 11) is 0. The molecular formula is C17H32O2. The molecule has 0 amide bonds. The molecule has 0 fully saturated rings. The van der Waals surface area contributed by atoms with Crippen molar-refractivity contribution in [2.24, 2.45) is 5.92 Å². The fourth-order valence-electron chi connectivity index (χ4n) is 2.32. The molecule has 112 valence electrons. The van der Waals surface area contributed by atoms with Gasteiger partial charge in [-0.1, -0.05) is 84.1 Å². The van der Waals surface area contributed by atoms with Gasteiger partial charge in [0.05, 0.1) is 0 Å². The van der Waals surface area contributed by atoms with Crippen molar-refractivity contribution in [2.75, 3.05) is 0 Å². The SMILES string of the molecule is CCCCCCCCCCCC(C)CC=CC(=O)O. The van der Waals surface area contributed by atoms with E-state index in [4.69, 9.17) is 5.11 Å². The Morgan fingerprint density at radius 1 is 1.00 bits per heavy atom. The number of carbonyl (C=O) groups is 1. The van der Waals surface area contributed by atoms with Crippen LogP contribution in [-0.4, -0.2) is 11.1 Å². The van der Waals surface area contributed by atoms with Gasteiger partial charge in [0.2, 0.25) is 0 Å². The standard InChI is InChI=1S/C17H32O2/c1-3-4-5-6-7-8-9-10-11-13-16(2)14-12-15-17(18)19/h12,15-16H,3-11,13-14H2,1-2H3,(H,18,19). The molecule has 19 heavy (non-hydrogen) atoms. The summed E-state index contributed by atoms with van der Waals surface area (Å²) in [5.74, 6) is -0.226. The van der Waals surface area contributed by atoms with Crippen molar-refractivity contribution in [1.29, 1.82) is 0 Å². The molecule has 1 N–H and O–H groups in total. The van der Waals surface area contributed by atoms with Crippen LogP contribution >= 0.6 is 0 Å². The van der Waals surface area contributed by atoms with Gasteiger partial charge in [0, 0.05) is 6.08 Å². The molecule has 0 bridgehead atoms.